The van der Waals surface area contributed by atoms with Gasteiger partial charge in [0.15, 0.2) is 0 Å². The molecule has 0 spiro atoms. The van der Waals surface area contributed by atoms with Crippen LogP contribution in [0.1, 0.15) is 37.7 Å². The number of halogens is 1. The molecule has 0 amide bonds. The predicted octanol–water partition coefficient (Wildman–Crippen LogP) is 3.13. The topological polar surface area (TPSA) is 41.5 Å². The van der Waals surface area contributed by atoms with E-state index in [0.717, 1.165) is 37.1 Å². The second-order valence-electron chi connectivity index (χ2n) is 5.02. The summed E-state index contributed by atoms with van der Waals surface area (Å²) in [5.41, 5.74) is 1.13. The fraction of sp³-hybridized carbons (Fsp3) is 0.600. The zero-order valence-electron chi connectivity index (χ0n) is 11.2. The van der Waals surface area contributed by atoms with Gasteiger partial charge in [-0.15, -0.1) is 0 Å². The summed E-state index contributed by atoms with van der Waals surface area (Å²) in [5, 5.41) is 12.9. The molecule has 0 aromatic heterocycles. The first kappa shape index (κ1) is 14.6. The quantitative estimate of drug-likeness (QED) is 0.684. The molecule has 1 fully saturated rings. The van der Waals surface area contributed by atoms with Crippen LogP contribution in [0.5, 0.6) is 5.75 Å². The molecule has 0 bridgehead atoms. The number of para-hydroxylation sites is 1. The third-order valence-corrected chi connectivity index (χ3v) is 3.55. The Morgan fingerprint density at radius 3 is 2.84 bits per heavy atom. The highest BCUT2D eigenvalue weighted by molar-refractivity contribution is 6.32. The van der Waals surface area contributed by atoms with E-state index in [-0.39, 0.29) is 6.61 Å². The van der Waals surface area contributed by atoms with Crippen LogP contribution in [0.2, 0.25) is 5.02 Å². The number of unbranched alkanes of at least 4 members (excludes halogenated alkanes) is 2. The van der Waals surface area contributed by atoms with E-state index in [2.05, 4.69) is 11.4 Å². The summed E-state index contributed by atoms with van der Waals surface area (Å²) in [6, 6.07) is 6.57. The molecule has 19 heavy (non-hydrogen) atoms. The van der Waals surface area contributed by atoms with Crippen LogP contribution in [-0.2, 0) is 6.54 Å². The van der Waals surface area contributed by atoms with Crippen LogP contribution in [0.3, 0.4) is 0 Å². The van der Waals surface area contributed by atoms with Crippen LogP contribution in [0.4, 0.5) is 0 Å². The molecule has 0 radical (unpaired) electrons. The second kappa shape index (κ2) is 7.73. The van der Waals surface area contributed by atoms with E-state index >= 15 is 0 Å². The van der Waals surface area contributed by atoms with Gasteiger partial charge in [0, 0.05) is 24.8 Å². The molecule has 1 saturated carbocycles. The van der Waals surface area contributed by atoms with Gasteiger partial charge in [-0.05, 0) is 38.2 Å². The fourth-order valence-electron chi connectivity index (χ4n) is 1.96. The number of hydrogen-bond donors (Lipinski definition) is 2. The lowest BCUT2D eigenvalue weighted by molar-refractivity contribution is 0.265. The normalized spacial score (nSPS) is 14.6. The minimum atomic E-state index is 0.253. The number of hydrogen-bond acceptors (Lipinski definition) is 3. The van der Waals surface area contributed by atoms with Crippen molar-refractivity contribution in [1.82, 2.24) is 5.32 Å². The van der Waals surface area contributed by atoms with Crippen LogP contribution >= 0.6 is 11.6 Å². The summed E-state index contributed by atoms with van der Waals surface area (Å²) in [6.07, 6.45) is 5.32. The molecule has 4 heteroatoms. The van der Waals surface area contributed by atoms with Gasteiger partial charge >= 0.3 is 0 Å². The average molecular weight is 284 g/mol. The minimum Gasteiger partial charge on any atom is -0.492 e. The number of ether oxygens (including phenoxy) is 1. The van der Waals surface area contributed by atoms with Gasteiger partial charge in [0.05, 0.1) is 11.6 Å². The van der Waals surface area contributed by atoms with E-state index < -0.39 is 0 Å². The number of rotatable bonds is 9. The van der Waals surface area contributed by atoms with Gasteiger partial charge in [0.1, 0.15) is 5.75 Å². The largest absolute Gasteiger partial charge is 0.492 e. The molecule has 1 aromatic rings. The maximum Gasteiger partial charge on any atom is 0.142 e. The van der Waals surface area contributed by atoms with E-state index in [1.165, 1.54) is 12.8 Å². The Kier molecular flexibility index (Phi) is 5.95. The Morgan fingerprint density at radius 1 is 1.26 bits per heavy atom. The first-order chi connectivity index (χ1) is 9.31. The van der Waals surface area contributed by atoms with Crippen molar-refractivity contribution in [3.8, 4) is 5.75 Å². The maximum absolute atomic E-state index is 8.73. The van der Waals surface area contributed by atoms with Crippen molar-refractivity contribution in [2.45, 2.75) is 44.7 Å². The highest BCUT2D eigenvalue weighted by atomic mass is 35.5. The molecule has 3 nitrogen and oxygen atoms in total. The van der Waals surface area contributed by atoms with E-state index in [9.17, 15) is 0 Å². The van der Waals surface area contributed by atoms with Gasteiger partial charge in [0.25, 0.3) is 0 Å². The number of benzene rings is 1. The van der Waals surface area contributed by atoms with Crippen LogP contribution < -0.4 is 10.1 Å². The Balaban J connectivity index is 1.84. The zero-order chi connectivity index (χ0) is 13.5. The second-order valence-corrected chi connectivity index (χ2v) is 5.42. The van der Waals surface area contributed by atoms with Gasteiger partial charge in [0.2, 0.25) is 0 Å². The van der Waals surface area contributed by atoms with Gasteiger partial charge < -0.3 is 15.2 Å². The molecule has 0 atom stereocenters. The van der Waals surface area contributed by atoms with Gasteiger partial charge in [-0.2, -0.15) is 0 Å². The Hall–Kier alpha value is -0.770. The number of aliphatic hydroxyl groups is 1. The number of nitrogens with one attached hydrogen (secondary N) is 1. The Labute approximate surface area is 119 Å². The van der Waals surface area contributed by atoms with E-state index in [4.69, 9.17) is 21.4 Å². The molecule has 2 N–H and O–H groups in total. The fourth-order valence-corrected chi connectivity index (χ4v) is 2.21. The first-order valence-corrected chi connectivity index (χ1v) is 7.43. The standard InChI is InChI=1S/C15H22ClNO2/c16-14-6-4-5-12(11-17-13-7-8-13)15(14)19-10-3-1-2-9-18/h4-6,13,17-18H,1-3,7-11H2. The summed E-state index contributed by atoms with van der Waals surface area (Å²) in [7, 11) is 0. The summed E-state index contributed by atoms with van der Waals surface area (Å²) in [6.45, 7) is 1.72. The summed E-state index contributed by atoms with van der Waals surface area (Å²) >= 11 is 6.21. The van der Waals surface area contributed by atoms with Gasteiger partial charge in [-0.3, -0.25) is 0 Å². The molecule has 1 aliphatic rings. The summed E-state index contributed by atoms with van der Waals surface area (Å²) in [5.74, 6) is 0.807. The van der Waals surface area contributed by atoms with Crippen LogP contribution in [-0.4, -0.2) is 24.4 Å². The van der Waals surface area contributed by atoms with E-state index in [0.29, 0.717) is 17.7 Å². The molecular formula is C15H22ClNO2. The molecule has 106 valence electrons. The van der Waals surface area contributed by atoms with E-state index in [1.807, 2.05) is 12.1 Å². The lowest BCUT2D eigenvalue weighted by atomic mass is 10.2. The monoisotopic (exact) mass is 283 g/mol. The van der Waals surface area contributed by atoms with Crippen molar-refractivity contribution in [1.29, 1.82) is 0 Å². The Morgan fingerprint density at radius 2 is 2.11 bits per heavy atom. The van der Waals surface area contributed by atoms with Crippen molar-refractivity contribution in [2.24, 2.45) is 0 Å². The maximum atomic E-state index is 8.73. The molecule has 1 aliphatic carbocycles. The SMILES string of the molecule is OCCCCCOc1c(Cl)cccc1CNC1CC1. The van der Waals surface area contributed by atoms with Crippen LogP contribution in [0, 0.1) is 0 Å². The minimum absolute atomic E-state index is 0.253. The van der Waals surface area contributed by atoms with Crippen molar-refractivity contribution < 1.29 is 9.84 Å². The van der Waals surface area contributed by atoms with Crippen molar-refractivity contribution in [3.05, 3.63) is 28.8 Å². The molecule has 0 heterocycles. The molecule has 2 rings (SSSR count). The van der Waals surface area contributed by atoms with Crippen LogP contribution in [0.25, 0.3) is 0 Å². The van der Waals surface area contributed by atoms with Gasteiger partial charge in [-0.1, -0.05) is 23.7 Å². The van der Waals surface area contributed by atoms with Crippen molar-refractivity contribution in [3.63, 3.8) is 0 Å². The van der Waals surface area contributed by atoms with Crippen molar-refractivity contribution in [2.75, 3.05) is 13.2 Å². The smallest absolute Gasteiger partial charge is 0.142 e. The highest BCUT2D eigenvalue weighted by Crippen LogP contribution is 2.30. The summed E-state index contributed by atoms with van der Waals surface area (Å²) in [4.78, 5) is 0. The van der Waals surface area contributed by atoms with Gasteiger partial charge in [-0.25, -0.2) is 0 Å². The molecule has 0 aliphatic heterocycles. The first-order valence-electron chi connectivity index (χ1n) is 7.05. The van der Waals surface area contributed by atoms with Crippen LogP contribution in [0.15, 0.2) is 18.2 Å². The third kappa shape index (κ3) is 5.01. The van der Waals surface area contributed by atoms with Crippen molar-refractivity contribution >= 4 is 11.6 Å². The lowest BCUT2D eigenvalue weighted by Gasteiger charge is -2.13. The number of aliphatic hydroxyl groups excluding tert-OH is 1. The lowest BCUT2D eigenvalue weighted by Crippen LogP contribution is -2.16. The predicted molar refractivity (Wildman–Crippen MR) is 77.7 cm³/mol. The highest BCUT2D eigenvalue weighted by Gasteiger charge is 2.21. The molecule has 0 unspecified atom stereocenters. The molecule has 0 saturated heterocycles. The zero-order valence-corrected chi connectivity index (χ0v) is 12.0. The average Bonchev–Trinajstić information content (AvgIpc) is 3.22. The molecule has 1 aromatic carbocycles. The Bertz CT molecular complexity index is 394. The van der Waals surface area contributed by atoms with E-state index in [1.54, 1.807) is 0 Å². The summed E-state index contributed by atoms with van der Waals surface area (Å²) < 4.78 is 5.81. The molecular weight excluding hydrogens is 262 g/mol. The third-order valence-electron chi connectivity index (χ3n) is 3.26.